The maximum absolute atomic E-state index is 12.4. The second-order valence-corrected chi connectivity index (χ2v) is 8.34. The molecule has 2 fully saturated rings. The molecule has 2 aliphatic rings. The van der Waals surface area contributed by atoms with Gasteiger partial charge in [0, 0.05) is 30.0 Å². The largest absolute Gasteiger partial charge is 0.326 e. The molecule has 2 bridgehead atoms. The summed E-state index contributed by atoms with van der Waals surface area (Å²) >= 11 is 1.45. The van der Waals surface area contributed by atoms with E-state index in [-0.39, 0.29) is 11.8 Å². The summed E-state index contributed by atoms with van der Waals surface area (Å²) in [7, 11) is 0. The second-order valence-electron chi connectivity index (χ2n) is 7.48. The van der Waals surface area contributed by atoms with Crippen LogP contribution in [-0.2, 0) is 9.59 Å². The molecule has 2 aliphatic carbocycles. The average molecular weight is 369 g/mol. The first-order valence-corrected chi connectivity index (χ1v) is 10.1. The minimum absolute atomic E-state index is 0.0875. The molecule has 4 rings (SSSR count). The number of amides is 2. The first-order chi connectivity index (χ1) is 12.6. The molecule has 1 aromatic heterocycles. The Hall–Kier alpha value is -2.21. The molecule has 2 amide bonds. The molecule has 5 nitrogen and oxygen atoms in total. The van der Waals surface area contributed by atoms with Crippen LogP contribution in [0.15, 0.2) is 29.6 Å². The number of nitrogens with zero attached hydrogens (tertiary/aromatic N) is 1. The average Bonchev–Trinajstić information content (AvgIpc) is 3.32. The van der Waals surface area contributed by atoms with Crippen molar-refractivity contribution in [1.82, 2.24) is 4.98 Å². The quantitative estimate of drug-likeness (QED) is 0.813. The zero-order valence-electron chi connectivity index (χ0n) is 14.8. The number of hydrogen-bond acceptors (Lipinski definition) is 4. The maximum Gasteiger partial charge on any atom is 0.226 e. The number of thiazole rings is 1. The molecule has 0 spiro atoms. The van der Waals surface area contributed by atoms with E-state index in [1.54, 1.807) is 0 Å². The van der Waals surface area contributed by atoms with Crippen LogP contribution in [0.2, 0.25) is 0 Å². The molecule has 136 valence electrons. The highest BCUT2D eigenvalue weighted by atomic mass is 32.1. The number of carbonyl (C=O) groups excluding carboxylic acids is 2. The van der Waals surface area contributed by atoms with Gasteiger partial charge >= 0.3 is 0 Å². The molecule has 26 heavy (non-hydrogen) atoms. The normalized spacial score (nSPS) is 23.8. The Kier molecular flexibility index (Phi) is 4.76. The Labute approximate surface area is 157 Å². The lowest BCUT2D eigenvalue weighted by atomic mass is 9.86. The predicted molar refractivity (Wildman–Crippen MR) is 104 cm³/mol. The topological polar surface area (TPSA) is 71.1 Å². The van der Waals surface area contributed by atoms with Gasteiger partial charge in [-0.3, -0.25) is 9.59 Å². The van der Waals surface area contributed by atoms with Crippen LogP contribution in [0.3, 0.4) is 0 Å². The summed E-state index contributed by atoms with van der Waals surface area (Å²) in [6.07, 6.45) is 5.84. The summed E-state index contributed by atoms with van der Waals surface area (Å²) < 4.78 is 0. The molecule has 0 aliphatic heterocycles. The van der Waals surface area contributed by atoms with Gasteiger partial charge in [0.2, 0.25) is 11.8 Å². The zero-order valence-corrected chi connectivity index (χ0v) is 15.6. The van der Waals surface area contributed by atoms with Gasteiger partial charge in [-0.2, -0.15) is 0 Å². The van der Waals surface area contributed by atoms with Crippen LogP contribution in [0.25, 0.3) is 11.3 Å². The van der Waals surface area contributed by atoms with E-state index in [2.05, 4.69) is 15.6 Å². The van der Waals surface area contributed by atoms with E-state index in [4.69, 9.17) is 0 Å². The third kappa shape index (κ3) is 3.80. The highest BCUT2D eigenvalue weighted by Crippen LogP contribution is 2.49. The van der Waals surface area contributed by atoms with E-state index in [0.29, 0.717) is 17.5 Å². The first kappa shape index (κ1) is 17.2. The van der Waals surface area contributed by atoms with Gasteiger partial charge in [-0.25, -0.2) is 4.98 Å². The van der Waals surface area contributed by atoms with Crippen LogP contribution < -0.4 is 10.6 Å². The summed E-state index contributed by atoms with van der Waals surface area (Å²) in [5, 5.41) is 8.31. The van der Waals surface area contributed by atoms with E-state index in [9.17, 15) is 9.59 Å². The molecule has 3 atom stereocenters. The van der Waals surface area contributed by atoms with Gasteiger partial charge in [0.15, 0.2) is 5.13 Å². The van der Waals surface area contributed by atoms with Crippen molar-refractivity contribution < 1.29 is 9.59 Å². The van der Waals surface area contributed by atoms with E-state index >= 15 is 0 Å². The van der Waals surface area contributed by atoms with Gasteiger partial charge in [-0.1, -0.05) is 18.6 Å². The number of anilines is 2. The minimum atomic E-state index is -0.0908. The first-order valence-electron chi connectivity index (χ1n) is 9.20. The third-order valence-corrected chi connectivity index (χ3v) is 6.34. The van der Waals surface area contributed by atoms with Gasteiger partial charge in [0.25, 0.3) is 0 Å². The van der Waals surface area contributed by atoms with Crippen molar-refractivity contribution in [2.75, 3.05) is 10.6 Å². The fraction of sp³-hybridized carbons (Fsp3) is 0.450. The van der Waals surface area contributed by atoms with Crippen molar-refractivity contribution in [2.45, 2.75) is 39.0 Å². The fourth-order valence-corrected chi connectivity index (χ4v) is 5.16. The smallest absolute Gasteiger partial charge is 0.226 e. The minimum Gasteiger partial charge on any atom is -0.326 e. The van der Waals surface area contributed by atoms with Crippen LogP contribution in [0.5, 0.6) is 0 Å². The van der Waals surface area contributed by atoms with Crippen molar-refractivity contribution in [3.05, 3.63) is 29.6 Å². The lowest BCUT2D eigenvalue weighted by Gasteiger charge is -2.20. The summed E-state index contributed by atoms with van der Waals surface area (Å²) in [5.74, 6) is 2.19. The zero-order chi connectivity index (χ0) is 18.1. The Bertz CT molecular complexity index is 815. The Morgan fingerprint density at radius 1 is 1.15 bits per heavy atom. The second kappa shape index (κ2) is 7.19. The molecule has 0 saturated heterocycles. The highest BCUT2D eigenvalue weighted by Gasteiger charge is 2.40. The summed E-state index contributed by atoms with van der Waals surface area (Å²) in [4.78, 5) is 28.0. The number of aromatic nitrogens is 1. The van der Waals surface area contributed by atoms with Crippen LogP contribution in [0, 0.1) is 17.8 Å². The Morgan fingerprint density at radius 2 is 1.96 bits per heavy atom. The molecule has 0 unspecified atom stereocenters. The van der Waals surface area contributed by atoms with Crippen LogP contribution in [-0.4, -0.2) is 16.8 Å². The van der Waals surface area contributed by atoms with Crippen molar-refractivity contribution in [3.8, 4) is 11.3 Å². The van der Waals surface area contributed by atoms with Crippen molar-refractivity contribution >= 4 is 34.0 Å². The summed E-state index contributed by atoms with van der Waals surface area (Å²) in [6, 6.07) is 7.54. The van der Waals surface area contributed by atoms with Crippen molar-refractivity contribution in [1.29, 1.82) is 0 Å². The van der Waals surface area contributed by atoms with E-state index < -0.39 is 0 Å². The predicted octanol–water partition coefficient (Wildman–Crippen LogP) is 4.53. The highest BCUT2D eigenvalue weighted by molar-refractivity contribution is 7.14. The van der Waals surface area contributed by atoms with Gasteiger partial charge in [-0.15, -0.1) is 11.3 Å². The number of rotatable bonds is 5. The standard InChI is InChI=1S/C20H23N3O2S/c1-12(24)21-17-6-4-14(5-7-17)18-11-26-20(22-18)23-19(25)10-16-9-13-2-3-15(16)8-13/h4-7,11,13,15-16H,2-3,8-10H2,1H3,(H,21,24)(H,22,23,25)/t13-,15-,16-/m1/s1. The Balaban J connectivity index is 1.35. The molecular weight excluding hydrogens is 346 g/mol. The fourth-order valence-electron chi connectivity index (χ4n) is 4.43. The molecule has 6 heteroatoms. The lowest BCUT2D eigenvalue weighted by molar-refractivity contribution is -0.117. The van der Waals surface area contributed by atoms with Gasteiger partial charge in [0.1, 0.15) is 0 Å². The van der Waals surface area contributed by atoms with Gasteiger partial charge in [0.05, 0.1) is 5.69 Å². The monoisotopic (exact) mass is 369 g/mol. The SMILES string of the molecule is CC(=O)Nc1ccc(-c2csc(NC(=O)C[C@H]3C[C@@H]4CC[C@@H]3C4)n2)cc1. The number of hydrogen-bond donors (Lipinski definition) is 2. The summed E-state index contributed by atoms with van der Waals surface area (Å²) in [5.41, 5.74) is 2.56. The number of nitrogens with one attached hydrogen (secondary N) is 2. The molecule has 2 saturated carbocycles. The molecule has 1 aromatic carbocycles. The number of benzene rings is 1. The van der Waals surface area contributed by atoms with E-state index in [0.717, 1.165) is 28.8 Å². The van der Waals surface area contributed by atoms with Gasteiger partial charge < -0.3 is 10.6 Å². The molecule has 0 radical (unpaired) electrons. The van der Waals surface area contributed by atoms with E-state index in [1.807, 2.05) is 29.6 Å². The summed E-state index contributed by atoms with van der Waals surface area (Å²) in [6.45, 7) is 1.49. The van der Waals surface area contributed by atoms with Crippen LogP contribution >= 0.6 is 11.3 Å². The lowest BCUT2D eigenvalue weighted by Crippen LogP contribution is -2.20. The van der Waals surface area contributed by atoms with E-state index in [1.165, 1.54) is 43.9 Å². The number of carbonyl (C=O) groups is 2. The molecule has 2 N–H and O–H groups in total. The molecular formula is C20H23N3O2S. The number of fused-ring (bicyclic) bond motifs is 2. The van der Waals surface area contributed by atoms with Crippen molar-refractivity contribution in [2.24, 2.45) is 17.8 Å². The van der Waals surface area contributed by atoms with Gasteiger partial charge in [-0.05, 0) is 49.1 Å². The molecule has 2 aromatic rings. The van der Waals surface area contributed by atoms with Crippen molar-refractivity contribution in [3.63, 3.8) is 0 Å². The Morgan fingerprint density at radius 3 is 2.62 bits per heavy atom. The van der Waals surface area contributed by atoms with Crippen LogP contribution in [0.1, 0.15) is 39.0 Å². The van der Waals surface area contributed by atoms with Crippen LogP contribution in [0.4, 0.5) is 10.8 Å². The third-order valence-electron chi connectivity index (χ3n) is 5.58. The maximum atomic E-state index is 12.4. The molecule has 1 heterocycles.